The van der Waals surface area contributed by atoms with Crippen LogP contribution in [0.4, 0.5) is 0 Å². The second-order valence-corrected chi connectivity index (χ2v) is 10.8. The summed E-state index contributed by atoms with van der Waals surface area (Å²) < 4.78 is 1.70. The third-order valence-corrected chi connectivity index (χ3v) is 8.06. The largest absolute Gasteiger partial charge is 0.324 e. The monoisotopic (exact) mass is 551 g/mol. The van der Waals surface area contributed by atoms with E-state index in [0.717, 1.165) is 33.2 Å². The number of rotatable bonds is 7. The number of fused-ring (bicyclic) bond motifs is 2. The molecule has 0 aliphatic heterocycles. The zero-order chi connectivity index (χ0) is 29.2. The average Bonchev–Trinajstić information content (AvgIpc) is 3.02. The number of amides is 1. The standard InChI is InChI=1S/C37H33N3O2/c1-4-34(35-38-33-17-11-10-16-32(33)37(42)40(35)31-21-18-25(2)26(3)22-31)39(24-27-12-6-5-7-13-27)36(41)30-20-19-28-14-8-9-15-29(28)23-30/h5-23,34H,4,24H2,1-3H3. The van der Waals surface area contributed by atoms with E-state index in [9.17, 15) is 9.59 Å². The maximum atomic E-state index is 14.5. The molecule has 0 aliphatic rings. The molecule has 0 saturated carbocycles. The topological polar surface area (TPSA) is 55.2 Å². The lowest BCUT2D eigenvalue weighted by Crippen LogP contribution is -2.38. The fourth-order valence-electron chi connectivity index (χ4n) is 5.62. The van der Waals surface area contributed by atoms with Gasteiger partial charge in [-0.3, -0.25) is 14.2 Å². The minimum absolute atomic E-state index is 0.106. The molecule has 208 valence electrons. The normalized spacial score (nSPS) is 12.0. The maximum Gasteiger partial charge on any atom is 0.266 e. The predicted molar refractivity (Wildman–Crippen MR) is 170 cm³/mol. The van der Waals surface area contributed by atoms with Gasteiger partial charge in [-0.2, -0.15) is 0 Å². The van der Waals surface area contributed by atoms with Gasteiger partial charge in [0.25, 0.3) is 11.5 Å². The van der Waals surface area contributed by atoms with Gasteiger partial charge in [-0.25, -0.2) is 4.98 Å². The molecule has 42 heavy (non-hydrogen) atoms. The van der Waals surface area contributed by atoms with Crippen molar-refractivity contribution in [3.63, 3.8) is 0 Å². The molecular weight excluding hydrogens is 518 g/mol. The third-order valence-electron chi connectivity index (χ3n) is 8.06. The Hall–Kier alpha value is -5.03. The van der Waals surface area contributed by atoms with Crippen molar-refractivity contribution in [2.45, 2.75) is 39.8 Å². The van der Waals surface area contributed by atoms with Crippen LogP contribution in [0.25, 0.3) is 27.4 Å². The number of benzene rings is 5. The summed E-state index contributed by atoms with van der Waals surface area (Å²) in [6.07, 6.45) is 0.571. The van der Waals surface area contributed by atoms with Crippen LogP contribution >= 0.6 is 0 Å². The van der Waals surface area contributed by atoms with Gasteiger partial charge in [0.2, 0.25) is 0 Å². The van der Waals surface area contributed by atoms with Gasteiger partial charge in [0.15, 0.2) is 0 Å². The van der Waals surface area contributed by atoms with Gasteiger partial charge < -0.3 is 4.90 Å². The number of carbonyl (C=O) groups excluding carboxylic acids is 1. The molecule has 1 amide bonds. The van der Waals surface area contributed by atoms with Crippen molar-refractivity contribution < 1.29 is 4.79 Å². The number of aromatic nitrogens is 2. The molecule has 1 aromatic heterocycles. The van der Waals surface area contributed by atoms with Crippen molar-refractivity contribution in [3.05, 3.63) is 154 Å². The second kappa shape index (κ2) is 11.5. The summed E-state index contributed by atoms with van der Waals surface area (Å²) in [5.74, 6) is 0.444. The highest BCUT2D eigenvalue weighted by Gasteiger charge is 2.30. The van der Waals surface area contributed by atoms with E-state index in [2.05, 4.69) is 6.92 Å². The Morgan fingerprint density at radius 3 is 2.26 bits per heavy atom. The summed E-state index contributed by atoms with van der Waals surface area (Å²) >= 11 is 0. The molecule has 0 radical (unpaired) electrons. The number of para-hydroxylation sites is 1. The fraction of sp³-hybridized carbons (Fsp3) is 0.162. The van der Waals surface area contributed by atoms with E-state index in [0.29, 0.717) is 35.3 Å². The van der Waals surface area contributed by atoms with E-state index in [-0.39, 0.29) is 11.5 Å². The molecule has 5 nitrogen and oxygen atoms in total. The van der Waals surface area contributed by atoms with Gasteiger partial charge in [-0.05, 0) is 84.1 Å². The first-order valence-corrected chi connectivity index (χ1v) is 14.4. The smallest absolute Gasteiger partial charge is 0.266 e. The van der Waals surface area contributed by atoms with Gasteiger partial charge in [-0.1, -0.05) is 85.8 Å². The molecule has 0 fully saturated rings. The van der Waals surface area contributed by atoms with Crippen LogP contribution in [0.15, 0.2) is 120 Å². The first-order chi connectivity index (χ1) is 20.4. The Kier molecular flexibility index (Phi) is 7.41. The summed E-state index contributed by atoms with van der Waals surface area (Å²) in [6.45, 7) is 6.52. The van der Waals surface area contributed by atoms with Crippen LogP contribution in [0.1, 0.15) is 52.3 Å². The van der Waals surface area contributed by atoms with E-state index in [1.165, 1.54) is 0 Å². The Balaban J connectivity index is 1.57. The van der Waals surface area contributed by atoms with E-state index >= 15 is 0 Å². The van der Waals surface area contributed by atoms with Crippen molar-refractivity contribution in [2.75, 3.05) is 0 Å². The van der Waals surface area contributed by atoms with Crippen LogP contribution in [-0.4, -0.2) is 20.4 Å². The SMILES string of the molecule is CCC(c1nc2ccccc2c(=O)n1-c1ccc(C)c(C)c1)N(Cc1ccccc1)C(=O)c1ccc2ccccc2c1. The molecule has 0 N–H and O–H groups in total. The maximum absolute atomic E-state index is 14.5. The molecule has 1 unspecified atom stereocenters. The first kappa shape index (κ1) is 27.2. The van der Waals surface area contributed by atoms with Crippen LogP contribution < -0.4 is 5.56 Å². The van der Waals surface area contributed by atoms with Crippen molar-refractivity contribution in [1.29, 1.82) is 0 Å². The van der Waals surface area contributed by atoms with Gasteiger partial charge in [-0.15, -0.1) is 0 Å². The zero-order valence-corrected chi connectivity index (χ0v) is 24.1. The summed E-state index contributed by atoms with van der Waals surface area (Å²) in [4.78, 5) is 35.6. The number of hydrogen-bond donors (Lipinski definition) is 0. The number of nitrogens with zero attached hydrogens (tertiary/aromatic N) is 3. The van der Waals surface area contributed by atoms with Crippen LogP contribution in [0.2, 0.25) is 0 Å². The number of hydrogen-bond acceptors (Lipinski definition) is 3. The molecule has 6 rings (SSSR count). The highest BCUT2D eigenvalue weighted by Crippen LogP contribution is 2.30. The van der Waals surface area contributed by atoms with Crippen LogP contribution in [-0.2, 0) is 6.54 Å². The lowest BCUT2D eigenvalue weighted by atomic mass is 10.0. The van der Waals surface area contributed by atoms with Crippen molar-refractivity contribution >= 4 is 27.6 Å². The molecule has 1 atom stereocenters. The van der Waals surface area contributed by atoms with Gasteiger partial charge >= 0.3 is 0 Å². The molecule has 5 heteroatoms. The van der Waals surface area contributed by atoms with Crippen molar-refractivity contribution in [2.24, 2.45) is 0 Å². The first-order valence-electron chi connectivity index (χ1n) is 14.4. The molecule has 0 bridgehead atoms. The second-order valence-electron chi connectivity index (χ2n) is 10.8. The quantitative estimate of drug-likeness (QED) is 0.202. The Morgan fingerprint density at radius 2 is 1.50 bits per heavy atom. The summed E-state index contributed by atoms with van der Waals surface area (Å²) in [5.41, 5.74) is 5.05. The minimum Gasteiger partial charge on any atom is -0.324 e. The Morgan fingerprint density at radius 1 is 0.786 bits per heavy atom. The van der Waals surface area contributed by atoms with Crippen molar-refractivity contribution in [1.82, 2.24) is 14.5 Å². The van der Waals surface area contributed by atoms with E-state index < -0.39 is 6.04 Å². The van der Waals surface area contributed by atoms with Crippen LogP contribution in [0, 0.1) is 13.8 Å². The molecule has 0 saturated heterocycles. The molecular formula is C37H33N3O2. The average molecular weight is 552 g/mol. The van der Waals surface area contributed by atoms with Gasteiger partial charge in [0.05, 0.1) is 22.6 Å². The zero-order valence-electron chi connectivity index (χ0n) is 24.1. The lowest BCUT2D eigenvalue weighted by molar-refractivity contribution is 0.0641. The molecule has 1 heterocycles. The number of carbonyl (C=O) groups is 1. The Labute approximate surface area is 245 Å². The predicted octanol–water partition coefficient (Wildman–Crippen LogP) is 7.95. The van der Waals surface area contributed by atoms with Gasteiger partial charge in [0.1, 0.15) is 5.82 Å². The van der Waals surface area contributed by atoms with Crippen molar-refractivity contribution in [3.8, 4) is 5.69 Å². The molecule has 6 aromatic rings. The highest BCUT2D eigenvalue weighted by atomic mass is 16.2. The Bertz CT molecular complexity index is 1980. The molecule has 0 spiro atoms. The third kappa shape index (κ3) is 5.10. The summed E-state index contributed by atoms with van der Waals surface area (Å²) in [5, 5.41) is 2.63. The van der Waals surface area contributed by atoms with Gasteiger partial charge in [0, 0.05) is 12.1 Å². The van der Waals surface area contributed by atoms with Crippen LogP contribution in [0.5, 0.6) is 0 Å². The van der Waals surface area contributed by atoms with E-state index in [1.54, 1.807) is 4.57 Å². The number of aryl methyl sites for hydroxylation is 2. The molecule has 5 aromatic carbocycles. The lowest BCUT2D eigenvalue weighted by Gasteiger charge is -2.33. The molecule has 0 aliphatic carbocycles. The summed E-state index contributed by atoms with van der Waals surface area (Å²) in [7, 11) is 0. The van der Waals surface area contributed by atoms with E-state index in [1.807, 2.05) is 134 Å². The summed E-state index contributed by atoms with van der Waals surface area (Å²) in [6, 6.07) is 36.8. The minimum atomic E-state index is -0.469. The highest BCUT2D eigenvalue weighted by molar-refractivity contribution is 5.98. The fourth-order valence-corrected chi connectivity index (χ4v) is 5.62. The van der Waals surface area contributed by atoms with E-state index in [4.69, 9.17) is 4.98 Å². The van der Waals surface area contributed by atoms with Crippen LogP contribution in [0.3, 0.4) is 0 Å².